The van der Waals surface area contributed by atoms with Crippen LogP contribution in [0.5, 0.6) is 0 Å². The standard InChI is InChI=1S/C34H38N2O/c1-22-32-19-27-14-15-28(18-30(27)34(22,2)16-17-36(32)21-23-8-9-23)33(37)35-31-20-29(31)26-12-10-25(11-13-26)24-6-4-3-5-7-24/h3-7,10-15,18,22-23,29,31-32H,8-9,16-17,19-21H2,1-2H3,(H,35,37)/t22-,29?,31?,32?,34-/m0/s1. The van der Waals surface area contributed by atoms with Crippen LogP contribution in [-0.2, 0) is 11.8 Å². The summed E-state index contributed by atoms with van der Waals surface area (Å²) in [6.07, 6.45) is 6.19. The molecule has 5 atom stereocenters. The van der Waals surface area contributed by atoms with Crippen molar-refractivity contribution in [2.45, 2.75) is 69.4 Å². The van der Waals surface area contributed by atoms with Crippen LogP contribution in [0.25, 0.3) is 11.1 Å². The summed E-state index contributed by atoms with van der Waals surface area (Å²) in [7, 11) is 0. The number of likely N-dealkylation sites (tertiary alicyclic amines) is 1. The van der Waals surface area contributed by atoms with Crippen LogP contribution < -0.4 is 5.32 Å². The van der Waals surface area contributed by atoms with Crippen molar-refractivity contribution in [3.63, 3.8) is 0 Å². The van der Waals surface area contributed by atoms with E-state index in [4.69, 9.17) is 0 Å². The van der Waals surface area contributed by atoms with E-state index in [2.05, 4.69) is 90.8 Å². The number of piperidine rings is 1. The highest BCUT2D eigenvalue weighted by atomic mass is 16.1. The van der Waals surface area contributed by atoms with Gasteiger partial charge in [0.1, 0.15) is 0 Å². The number of benzene rings is 3. The highest BCUT2D eigenvalue weighted by Crippen LogP contribution is 2.49. The van der Waals surface area contributed by atoms with E-state index in [1.807, 2.05) is 6.07 Å². The largest absolute Gasteiger partial charge is 0.349 e. The quantitative estimate of drug-likeness (QED) is 0.424. The molecule has 7 rings (SSSR count). The van der Waals surface area contributed by atoms with Gasteiger partial charge in [0.25, 0.3) is 5.91 Å². The maximum Gasteiger partial charge on any atom is 0.251 e. The SMILES string of the molecule is C[C@H]1C2Cc3ccc(C(=O)NC4CC4c4ccc(-c5ccccc5)cc4)cc3[C@@]1(C)CCN2CC1CC1. The molecule has 3 aromatic carbocycles. The van der Waals surface area contributed by atoms with E-state index in [1.54, 1.807) is 0 Å². The Kier molecular flexibility index (Phi) is 5.55. The molecular weight excluding hydrogens is 452 g/mol. The van der Waals surface area contributed by atoms with Crippen LogP contribution in [0.1, 0.15) is 72.5 Å². The van der Waals surface area contributed by atoms with E-state index >= 15 is 0 Å². The normalized spacial score (nSPS) is 30.4. The zero-order chi connectivity index (χ0) is 25.1. The number of rotatable bonds is 6. The third kappa shape index (κ3) is 4.22. The minimum absolute atomic E-state index is 0.0840. The van der Waals surface area contributed by atoms with Gasteiger partial charge >= 0.3 is 0 Å². The Labute approximate surface area is 221 Å². The lowest BCUT2D eigenvalue weighted by molar-refractivity contribution is 0.0284. The first-order valence-corrected chi connectivity index (χ1v) is 14.3. The molecule has 37 heavy (non-hydrogen) atoms. The fraction of sp³-hybridized carbons (Fsp3) is 0.441. The predicted molar refractivity (Wildman–Crippen MR) is 150 cm³/mol. The zero-order valence-electron chi connectivity index (χ0n) is 22.1. The van der Waals surface area contributed by atoms with Gasteiger partial charge in [-0.05, 0) is 95.8 Å². The molecule has 2 bridgehead atoms. The second-order valence-corrected chi connectivity index (χ2v) is 12.4. The van der Waals surface area contributed by atoms with Crippen molar-refractivity contribution < 1.29 is 4.79 Å². The van der Waals surface area contributed by atoms with Crippen molar-refractivity contribution in [2.24, 2.45) is 11.8 Å². The summed E-state index contributed by atoms with van der Waals surface area (Å²) in [4.78, 5) is 16.1. The van der Waals surface area contributed by atoms with Crippen molar-refractivity contribution in [1.29, 1.82) is 0 Å². The molecule has 4 aliphatic rings. The molecule has 3 aliphatic carbocycles. The third-order valence-corrected chi connectivity index (χ3v) is 10.1. The summed E-state index contributed by atoms with van der Waals surface area (Å²) >= 11 is 0. The second-order valence-electron chi connectivity index (χ2n) is 12.4. The average molecular weight is 491 g/mol. The van der Waals surface area contributed by atoms with Gasteiger partial charge in [-0.15, -0.1) is 0 Å². The first-order chi connectivity index (χ1) is 18.0. The van der Waals surface area contributed by atoms with E-state index in [9.17, 15) is 4.79 Å². The minimum atomic E-state index is 0.0840. The Morgan fingerprint density at radius 2 is 1.76 bits per heavy atom. The molecule has 3 aromatic rings. The van der Waals surface area contributed by atoms with Gasteiger partial charge in [-0.2, -0.15) is 0 Å². The van der Waals surface area contributed by atoms with E-state index in [0.717, 1.165) is 24.3 Å². The molecule has 190 valence electrons. The van der Waals surface area contributed by atoms with Crippen LogP contribution in [0.15, 0.2) is 72.8 Å². The minimum Gasteiger partial charge on any atom is -0.349 e. The predicted octanol–water partition coefficient (Wildman–Crippen LogP) is 6.57. The molecule has 3 unspecified atom stereocenters. The number of nitrogens with one attached hydrogen (secondary N) is 1. The van der Waals surface area contributed by atoms with Gasteiger partial charge in [-0.3, -0.25) is 9.69 Å². The van der Waals surface area contributed by atoms with Crippen LogP contribution in [0, 0.1) is 11.8 Å². The molecular formula is C34H38N2O. The van der Waals surface area contributed by atoms with Crippen molar-refractivity contribution in [3.8, 4) is 11.1 Å². The summed E-state index contributed by atoms with van der Waals surface area (Å²) in [5.74, 6) is 2.07. The van der Waals surface area contributed by atoms with E-state index in [-0.39, 0.29) is 17.4 Å². The molecule has 3 heteroatoms. The number of hydrogen-bond acceptors (Lipinski definition) is 2. The Bertz CT molecular complexity index is 1310. The number of carbonyl (C=O) groups is 1. The molecule has 1 saturated heterocycles. The lowest BCUT2D eigenvalue weighted by Gasteiger charge is -2.55. The molecule has 2 saturated carbocycles. The number of hydrogen-bond donors (Lipinski definition) is 1. The highest BCUT2D eigenvalue weighted by molar-refractivity contribution is 5.95. The molecule has 0 radical (unpaired) electrons. The van der Waals surface area contributed by atoms with Gasteiger partial charge in [-0.1, -0.05) is 74.5 Å². The van der Waals surface area contributed by atoms with E-state index < -0.39 is 0 Å². The first-order valence-electron chi connectivity index (χ1n) is 14.3. The van der Waals surface area contributed by atoms with Gasteiger partial charge in [0.15, 0.2) is 0 Å². The fourth-order valence-corrected chi connectivity index (χ4v) is 7.24. The number of nitrogens with zero attached hydrogens (tertiary/aromatic N) is 1. The summed E-state index contributed by atoms with van der Waals surface area (Å²) < 4.78 is 0. The average Bonchev–Trinajstić information content (AvgIpc) is 3.86. The topological polar surface area (TPSA) is 32.3 Å². The van der Waals surface area contributed by atoms with Gasteiger partial charge in [0.2, 0.25) is 0 Å². The fourth-order valence-electron chi connectivity index (χ4n) is 7.24. The summed E-state index contributed by atoms with van der Waals surface area (Å²) in [6.45, 7) is 7.40. The van der Waals surface area contributed by atoms with Crippen molar-refractivity contribution in [3.05, 3.63) is 95.1 Å². The Balaban J connectivity index is 1.04. The second kappa shape index (κ2) is 8.84. The summed E-state index contributed by atoms with van der Waals surface area (Å²) in [5, 5.41) is 3.34. The summed E-state index contributed by atoms with van der Waals surface area (Å²) in [5.41, 5.74) is 7.69. The molecule has 1 heterocycles. The first kappa shape index (κ1) is 23.2. The van der Waals surface area contributed by atoms with Gasteiger partial charge < -0.3 is 5.32 Å². The Morgan fingerprint density at radius 1 is 1.00 bits per heavy atom. The van der Waals surface area contributed by atoms with Crippen molar-refractivity contribution in [1.82, 2.24) is 10.2 Å². The third-order valence-electron chi connectivity index (χ3n) is 10.1. The van der Waals surface area contributed by atoms with Crippen molar-refractivity contribution in [2.75, 3.05) is 13.1 Å². The highest BCUT2D eigenvalue weighted by Gasteiger charge is 2.49. The van der Waals surface area contributed by atoms with Crippen LogP contribution in [0.3, 0.4) is 0 Å². The van der Waals surface area contributed by atoms with Crippen LogP contribution in [0.2, 0.25) is 0 Å². The van der Waals surface area contributed by atoms with E-state index in [0.29, 0.717) is 17.9 Å². The van der Waals surface area contributed by atoms with Gasteiger partial charge in [-0.25, -0.2) is 0 Å². The lowest BCUT2D eigenvalue weighted by Crippen LogP contribution is -2.58. The number of carbonyl (C=O) groups excluding carboxylic acids is 1. The van der Waals surface area contributed by atoms with Gasteiger partial charge in [0.05, 0.1) is 0 Å². The van der Waals surface area contributed by atoms with Gasteiger partial charge in [0, 0.05) is 30.1 Å². The smallest absolute Gasteiger partial charge is 0.251 e. The van der Waals surface area contributed by atoms with E-state index in [1.165, 1.54) is 60.2 Å². The monoisotopic (exact) mass is 490 g/mol. The molecule has 1 N–H and O–H groups in total. The maximum absolute atomic E-state index is 13.3. The molecule has 3 nitrogen and oxygen atoms in total. The van der Waals surface area contributed by atoms with Crippen LogP contribution in [0.4, 0.5) is 0 Å². The van der Waals surface area contributed by atoms with Crippen molar-refractivity contribution >= 4 is 5.91 Å². The number of fused-ring (bicyclic) bond motifs is 4. The number of amides is 1. The molecule has 3 fully saturated rings. The molecule has 1 aliphatic heterocycles. The molecule has 1 amide bonds. The van der Waals surface area contributed by atoms with Crippen LogP contribution in [-0.4, -0.2) is 36.0 Å². The maximum atomic E-state index is 13.3. The summed E-state index contributed by atoms with van der Waals surface area (Å²) in [6, 6.07) is 26.8. The molecule has 0 aromatic heterocycles. The lowest BCUT2D eigenvalue weighted by atomic mass is 9.59. The Morgan fingerprint density at radius 3 is 2.51 bits per heavy atom. The zero-order valence-corrected chi connectivity index (χ0v) is 22.1. The van der Waals surface area contributed by atoms with Crippen LogP contribution >= 0.6 is 0 Å². The molecule has 0 spiro atoms. The Hall–Kier alpha value is -2.91.